The zero-order chi connectivity index (χ0) is 34.4. The molecule has 0 spiro atoms. The zero-order valence-electron chi connectivity index (χ0n) is 27.5. The fourth-order valence-electron chi connectivity index (χ4n) is 5.97. The van der Waals surface area contributed by atoms with Crippen molar-refractivity contribution in [3.05, 3.63) is 106 Å². The van der Waals surface area contributed by atoms with Crippen LogP contribution in [0.5, 0.6) is 0 Å². The van der Waals surface area contributed by atoms with Crippen LogP contribution in [0.15, 0.2) is 77.7 Å². The molecule has 3 aromatic carbocycles. The lowest BCUT2D eigenvalue weighted by Crippen LogP contribution is -2.46. The Morgan fingerprint density at radius 1 is 0.979 bits per heavy atom. The third kappa shape index (κ3) is 7.59. The number of carbonyl (C=O) groups excluding carboxylic acids is 2. The predicted octanol–water partition coefficient (Wildman–Crippen LogP) is 6.24. The summed E-state index contributed by atoms with van der Waals surface area (Å²) in [5, 5.41) is 15.1. The Balaban J connectivity index is 1.57. The molecule has 12 heteroatoms. The van der Waals surface area contributed by atoms with Gasteiger partial charge < -0.3 is 14.9 Å². The minimum absolute atomic E-state index is 0.0620. The first-order valence-electron chi connectivity index (χ1n) is 16.3. The highest BCUT2D eigenvalue weighted by Crippen LogP contribution is 2.30. The average molecular weight is 692 g/mol. The minimum atomic E-state index is -4.10. The molecule has 0 radical (unpaired) electrons. The third-order valence-corrected chi connectivity index (χ3v) is 10.5. The molecule has 1 aliphatic heterocycles. The standard InChI is InChI=1S/C36H42ClN5O5S/c1-4-6-18-40(19-7-5-2)36(45)32-20-25(3)42(38-32)33-17-16-28(39-48(46,47)34-15-11-10-14-31(34)37)22-30(33)35(44)41-23-27-13-9-8-12-26(27)21-29(41)24-43/h8-17,20,22,29,39,43H,4-7,18-19,21,23-24H2,1-3H3/t29-/m0/s1. The Morgan fingerprint density at radius 2 is 1.65 bits per heavy atom. The van der Waals surface area contributed by atoms with Gasteiger partial charge in [0.25, 0.3) is 21.8 Å². The van der Waals surface area contributed by atoms with E-state index < -0.39 is 22.0 Å². The van der Waals surface area contributed by atoms with Crippen LogP contribution >= 0.6 is 11.6 Å². The van der Waals surface area contributed by atoms with E-state index in [0.717, 1.165) is 36.8 Å². The van der Waals surface area contributed by atoms with Gasteiger partial charge in [0.15, 0.2) is 5.69 Å². The number of anilines is 1. The number of rotatable bonds is 13. The van der Waals surface area contributed by atoms with Crippen LogP contribution in [0.2, 0.25) is 5.02 Å². The number of aliphatic hydroxyl groups is 1. The SMILES string of the molecule is CCCCN(CCCC)C(=O)c1cc(C)n(-c2ccc(NS(=O)(=O)c3ccccc3Cl)cc2C(=O)N2Cc3ccccc3C[C@H]2CO)n1. The fourth-order valence-corrected chi connectivity index (χ4v) is 7.54. The number of hydrogen-bond acceptors (Lipinski definition) is 6. The Morgan fingerprint density at radius 3 is 2.31 bits per heavy atom. The number of benzene rings is 3. The molecule has 5 rings (SSSR count). The molecule has 254 valence electrons. The zero-order valence-corrected chi connectivity index (χ0v) is 29.1. The molecular weight excluding hydrogens is 650 g/mol. The Bertz CT molecular complexity index is 1890. The predicted molar refractivity (Wildman–Crippen MR) is 187 cm³/mol. The highest BCUT2D eigenvalue weighted by atomic mass is 35.5. The van der Waals surface area contributed by atoms with E-state index in [1.54, 1.807) is 39.9 Å². The summed E-state index contributed by atoms with van der Waals surface area (Å²) < 4.78 is 30.8. The van der Waals surface area contributed by atoms with E-state index >= 15 is 0 Å². The van der Waals surface area contributed by atoms with Gasteiger partial charge in [0.2, 0.25) is 0 Å². The van der Waals surface area contributed by atoms with Gasteiger partial charge in [-0.25, -0.2) is 13.1 Å². The molecule has 10 nitrogen and oxygen atoms in total. The van der Waals surface area contributed by atoms with Crippen molar-refractivity contribution in [1.82, 2.24) is 19.6 Å². The van der Waals surface area contributed by atoms with Crippen molar-refractivity contribution in [2.24, 2.45) is 0 Å². The number of halogens is 1. The van der Waals surface area contributed by atoms with Gasteiger partial charge in [0.05, 0.1) is 28.9 Å². The van der Waals surface area contributed by atoms with E-state index in [1.807, 2.05) is 36.1 Å². The average Bonchev–Trinajstić information content (AvgIpc) is 3.48. The molecule has 1 atom stereocenters. The molecule has 0 aliphatic carbocycles. The summed E-state index contributed by atoms with van der Waals surface area (Å²) in [6, 6.07) is 19.7. The summed E-state index contributed by atoms with van der Waals surface area (Å²) in [5.74, 6) is -0.587. The van der Waals surface area contributed by atoms with E-state index in [4.69, 9.17) is 16.7 Å². The van der Waals surface area contributed by atoms with E-state index in [-0.39, 0.29) is 45.9 Å². The highest BCUT2D eigenvalue weighted by Gasteiger charge is 2.32. The Hall–Kier alpha value is -4.19. The number of carbonyl (C=O) groups is 2. The minimum Gasteiger partial charge on any atom is -0.394 e. The lowest BCUT2D eigenvalue weighted by Gasteiger charge is -2.36. The van der Waals surface area contributed by atoms with Crippen LogP contribution in [-0.4, -0.2) is 70.7 Å². The van der Waals surface area contributed by atoms with Gasteiger partial charge in [-0.3, -0.25) is 14.3 Å². The van der Waals surface area contributed by atoms with E-state index in [0.29, 0.717) is 30.9 Å². The Labute approximate surface area is 287 Å². The van der Waals surface area contributed by atoms with Crippen LogP contribution in [0.4, 0.5) is 5.69 Å². The van der Waals surface area contributed by atoms with E-state index in [9.17, 15) is 23.1 Å². The van der Waals surface area contributed by atoms with Crippen LogP contribution < -0.4 is 4.72 Å². The summed E-state index contributed by atoms with van der Waals surface area (Å²) in [4.78, 5) is 31.5. The maximum atomic E-state index is 14.5. The summed E-state index contributed by atoms with van der Waals surface area (Å²) >= 11 is 6.21. The van der Waals surface area contributed by atoms with E-state index in [2.05, 4.69) is 18.6 Å². The lowest BCUT2D eigenvalue weighted by atomic mass is 9.93. The number of fused-ring (bicyclic) bond motifs is 1. The smallest absolute Gasteiger partial charge is 0.274 e. The molecule has 0 bridgehead atoms. The number of sulfonamides is 1. The lowest BCUT2D eigenvalue weighted by molar-refractivity contribution is 0.0544. The summed E-state index contributed by atoms with van der Waals surface area (Å²) in [6.45, 7) is 7.25. The van der Waals surface area contributed by atoms with Crippen LogP contribution in [0.25, 0.3) is 5.69 Å². The monoisotopic (exact) mass is 691 g/mol. The van der Waals surface area contributed by atoms with Crippen LogP contribution in [-0.2, 0) is 23.0 Å². The first-order chi connectivity index (χ1) is 23.1. The summed E-state index contributed by atoms with van der Waals surface area (Å²) in [5.41, 5.74) is 3.60. The molecule has 0 unspecified atom stereocenters. The number of amides is 2. The number of hydrogen-bond donors (Lipinski definition) is 2. The van der Waals surface area contributed by atoms with Crippen molar-refractivity contribution in [2.45, 2.75) is 70.4 Å². The molecule has 0 saturated carbocycles. The summed E-state index contributed by atoms with van der Waals surface area (Å²) in [6.07, 6.45) is 4.14. The van der Waals surface area contributed by atoms with Crippen molar-refractivity contribution in [3.63, 3.8) is 0 Å². The molecule has 2 N–H and O–H groups in total. The molecule has 2 amide bonds. The number of aryl methyl sites for hydroxylation is 1. The van der Waals surface area contributed by atoms with Gasteiger partial charge in [-0.05, 0) is 73.7 Å². The number of aromatic nitrogens is 2. The molecule has 1 aromatic heterocycles. The van der Waals surface area contributed by atoms with Crippen molar-refractivity contribution >= 4 is 39.1 Å². The Kier molecular flexibility index (Phi) is 11.2. The topological polar surface area (TPSA) is 125 Å². The molecule has 0 saturated heterocycles. The number of unbranched alkanes of at least 4 members (excludes halogenated alkanes) is 2. The van der Waals surface area contributed by atoms with Crippen LogP contribution in [0.1, 0.15) is 77.2 Å². The summed E-state index contributed by atoms with van der Waals surface area (Å²) in [7, 11) is -4.10. The van der Waals surface area contributed by atoms with Gasteiger partial charge in [0, 0.05) is 31.0 Å². The molecule has 1 aliphatic rings. The maximum Gasteiger partial charge on any atom is 0.274 e. The molecule has 0 fully saturated rings. The maximum absolute atomic E-state index is 14.5. The van der Waals surface area contributed by atoms with Gasteiger partial charge in [-0.15, -0.1) is 0 Å². The normalized spacial score (nSPS) is 14.4. The number of nitrogens with one attached hydrogen (secondary N) is 1. The number of aliphatic hydroxyl groups excluding tert-OH is 1. The quantitative estimate of drug-likeness (QED) is 0.171. The van der Waals surface area contributed by atoms with E-state index in [1.165, 1.54) is 18.2 Å². The van der Waals surface area contributed by atoms with Crippen molar-refractivity contribution in [2.75, 3.05) is 24.4 Å². The molecule has 4 aromatic rings. The second-order valence-electron chi connectivity index (χ2n) is 12.1. The van der Waals surface area contributed by atoms with Gasteiger partial charge in [-0.2, -0.15) is 5.10 Å². The fraction of sp³-hybridized carbons (Fsp3) is 0.361. The van der Waals surface area contributed by atoms with Gasteiger partial charge >= 0.3 is 0 Å². The largest absolute Gasteiger partial charge is 0.394 e. The molecule has 48 heavy (non-hydrogen) atoms. The number of nitrogens with zero attached hydrogens (tertiary/aromatic N) is 4. The van der Waals surface area contributed by atoms with Gasteiger partial charge in [-0.1, -0.05) is 74.7 Å². The molecule has 2 heterocycles. The second kappa shape index (κ2) is 15.4. The first-order valence-corrected chi connectivity index (χ1v) is 18.2. The van der Waals surface area contributed by atoms with Crippen LogP contribution in [0.3, 0.4) is 0 Å². The van der Waals surface area contributed by atoms with Crippen molar-refractivity contribution in [1.29, 1.82) is 0 Å². The van der Waals surface area contributed by atoms with Gasteiger partial charge in [0.1, 0.15) is 4.90 Å². The third-order valence-electron chi connectivity index (χ3n) is 8.62. The van der Waals surface area contributed by atoms with Crippen molar-refractivity contribution in [3.8, 4) is 5.69 Å². The van der Waals surface area contributed by atoms with Crippen LogP contribution in [0, 0.1) is 6.92 Å². The van der Waals surface area contributed by atoms with Crippen molar-refractivity contribution < 1.29 is 23.1 Å². The first kappa shape index (κ1) is 35.1. The molecular formula is C36H42ClN5O5S. The highest BCUT2D eigenvalue weighted by molar-refractivity contribution is 7.92. The second-order valence-corrected chi connectivity index (χ2v) is 14.2.